The minimum Gasteiger partial charge on any atom is -0.444 e. The summed E-state index contributed by atoms with van der Waals surface area (Å²) in [5.41, 5.74) is 6.78. The Balaban J connectivity index is 2.42. The molecule has 0 aromatic heterocycles. The maximum atomic E-state index is 11.4. The third-order valence-electron chi connectivity index (χ3n) is 2.32. The van der Waals surface area contributed by atoms with Crippen LogP contribution in [-0.4, -0.2) is 18.2 Å². The fourth-order valence-corrected chi connectivity index (χ4v) is 1.45. The second-order valence-corrected chi connectivity index (χ2v) is 5.39. The fraction of sp³-hybridized carbons (Fsp3) is 0.375. The molecule has 3 N–H and O–H groups in total. The number of rotatable bonds is 2. The van der Waals surface area contributed by atoms with E-state index in [1.54, 1.807) is 18.2 Å². The summed E-state index contributed by atoms with van der Waals surface area (Å²) in [4.78, 5) is 11.4. The van der Waals surface area contributed by atoms with E-state index in [1.807, 2.05) is 26.8 Å². The van der Waals surface area contributed by atoms with Gasteiger partial charge in [-0.3, -0.25) is 0 Å². The number of alkyl carbamates (subject to hydrolysis) is 1. The van der Waals surface area contributed by atoms with Crippen LogP contribution in [0.4, 0.5) is 10.5 Å². The molecule has 110 valence electrons. The van der Waals surface area contributed by atoms with Crippen LogP contribution in [0.1, 0.15) is 38.3 Å². The normalized spacial score (nSPS) is 10.0. The molecule has 1 aromatic carbocycles. The highest BCUT2D eigenvalue weighted by Crippen LogP contribution is 2.12. The summed E-state index contributed by atoms with van der Waals surface area (Å²) in [6.07, 6.45) is 0.0472. The predicted molar refractivity (Wildman–Crippen MR) is 81.3 cm³/mol. The average molecular weight is 285 g/mol. The molecule has 0 aliphatic rings. The fourth-order valence-electron chi connectivity index (χ4n) is 1.45. The van der Waals surface area contributed by atoms with Gasteiger partial charge in [-0.05, 0) is 39.0 Å². The SMILES string of the molecule is CC(C)(C)OC(=O)NCCC#Cc1ccc(C#N)c(N)c1. The van der Waals surface area contributed by atoms with Crippen LogP contribution >= 0.6 is 0 Å². The lowest BCUT2D eigenvalue weighted by atomic mass is 10.1. The Bertz CT molecular complexity index is 613. The van der Waals surface area contributed by atoms with Gasteiger partial charge in [0.15, 0.2) is 0 Å². The minimum absolute atomic E-state index is 0.410. The first kappa shape index (κ1) is 16.4. The summed E-state index contributed by atoms with van der Waals surface area (Å²) in [7, 11) is 0. The minimum atomic E-state index is -0.504. The molecule has 0 aliphatic carbocycles. The third-order valence-corrected chi connectivity index (χ3v) is 2.32. The Morgan fingerprint density at radius 3 is 2.71 bits per heavy atom. The largest absolute Gasteiger partial charge is 0.444 e. The highest BCUT2D eigenvalue weighted by molar-refractivity contribution is 5.67. The molecule has 0 spiro atoms. The third kappa shape index (κ3) is 6.35. The maximum Gasteiger partial charge on any atom is 0.407 e. The molecule has 0 saturated carbocycles. The Kier molecular flexibility index (Phi) is 5.63. The number of nitriles is 1. The van der Waals surface area contributed by atoms with Crippen LogP contribution < -0.4 is 11.1 Å². The van der Waals surface area contributed by atoms with Crippen LogP contribution in [0.5, 0.6) is 0 Å². The number of ether oxygens (including phenoxy) is 1. The van der Waals surface area contributed by atoms with Gasteiger partial charge in [0.2, 0.25) is 0 Å². The second kappa shape index (κ2) is 7.21. The van der Waals surface area contributed by atoms with Gasteiger partial charge in [-0.1, -0.05) is 11.8 Å². The van der Waals surface area contributed by atoms with Crippen molar-refractivity contribution in [3.63, 3.8) is 0 Å². The van der Waals surface area contributed by atoms with Gasteiger partial charge in [0, 0.05) is 18.5 Å². The molecular formula is C16H19N3O2. The van der Waals surface area contributed by atoms with Gasteiger partial charge < -0.3 is 15.8 Å². The van der Waals surface area contributed by atoms with E-state index >= 15 is 0 Å². The molecule has 0 radical (unpaired) electrons. The van der Waals surface area contributed by atoms with E-state index in [9.17, 15) is 4.79 Å². The lowest BCUT2D eigenvalue weighted by Crippen LogP contribution is -2.32. The van der Waals surface area contributed by atoms with Gasteiger partial charge in [-0.15, -0.1) is 0 Å². The van der Waals surface area contributed by atoms with Crippen molar-refractivity contribution in [3.05, 3.63) is 29.3 Å². The van der Waals surface area contributed by atoms with Crippen LogP contribution in [0.15, 0.2) is 18.2 Å². The molecule has 0 atom stereocenters. The van der Waals surface area contributed by atoms with Crippen molar-refractivity contribution in [2.24, 2.45) is 0 Å². The highest BCUT2D eigenvalue weighted by Gasteiger charge is 2.15. The predicted octanol–water partition coefficient (Wildman–Crippen LogP) is 2.41. The van der Waals surface area contributed by atoms with Crippen molar-refractivity contribution in [3.8, 4) is 17.9 Å². The zero-order chi connectivity index (χ0) is 15.9. The van der Waals surface area contributed by atoms with Crippen molar-refractivity contribution in [1.82, 2.24) is 5.32 Å². The number of hydrogen-bond donors (Lipinski definition) is 2. The van der Waals surface area contributed by atoms with E-state index in [2.05, 4.69) is 17.2 Å². The Hall–Kier alpha value is -2.66. The lowest BCUT2D eigenvalue weighted by Gasteiger charge is -2.19. The molecule has 0 saturated heterocycles. The number of nitrogens with one attached hydrogen (secondary N) is 1. The van der Waals surface area contributed by atoms with E-state index in [0.717, 1.165) is 5.56 Å². The molecule has 0 unspecified atom stereocenters. The van der Waals surface area contributed by atoms with Crippen molar-refractivity contribution < 1.29 is 9.53 Å². The number of nitrogens with two attached hydrogens (primary N) is 1. The van der Waals surface area contributed by atoms with Gasteiger partial charge in [0.1, 0.15) is 11.7 Å². The first-order valence-electron chi connectivity index (χ1n) is 6.57. The van der Waals surface area contributed by atoms with Crippen molar-refractivity contribution >= 4 is 11.8 Å². The molecule has 0 aliphatic heterocycles. The van der Waals surface area contributed by atoms with Crippen LogP contribution in [0.25, 0.3) is 0 Å². The van der Waals surface area contributed by atoms with Gasteiger partial charge in [0.25, 0.3) is 0 Å². The number of carbonyl (C=O) groups excluding carboxylic acids is 1. The molecule has 5 nitrogen and oxygen atoms in total. The van der Waals surface area contributed by atoms with Crippen LogP contribution in [0.3, 0.4) is 0 Å². The van der Waals surface area contributed by atoms with Gasteiger partial charge in [-0.25, -0.2) is 4.79 Å². The van der Waals surface area contributed by atoms with Crippen molar-refractivity contribution in [1.29, 1.82) is 5.26 Å². The topological polar surface area (TPSA) is 88.1 Å². The molecule has 1 rings (SSSR count). The molecule has 0 bridgehead atoms. The maximum absolute atomic E-state index is 11.4. The zero-order valence-corrected chi connectivity index (χ0v) is 12.5. The first-order chi connectivity index (χ1) is 9.81. The van der Waals surface area contributed by atoms with Gasteiger partial charge >= 0.3 is 6.09 Å². The highest BCUT2D eigenvalue weighted by atomic mass is 16.6. The number of anilines is 1. The van der Waals surface area contributed by atoms with Crippen molar-refractivity contribution in [2.45, 2.75) is 32.8 Å². The second-order valence-electron chi connectivity index (χ2n) is 5.39. The monoisotopic (exact) mass is 285 g/mol. The molecule has 1 aromatic rings. The molecular weight excluding hydrogens is 266 g/mol. The van der Waals surface area contributed by atoms with E-state index in [0.29, 0.717) is 24.2 Å². The number of hydrogen-bond acceptors (Lipinski definition) is 4. The van der Waals surface area contributed by atoms with Gasteiger partial charge in [0.05, 0.1) is 11.3 Å². The summed E-state index contributed by atoms with van der Waals surface area (Å²) >= 11 is 0. The average Bonchev–Trinajstić information content (AvgIpc) is 2.36. The zero-order valence-electron chi connectivity index (χ0n) is 12.5. The van der Waals surface area contributed by atoms with Crippen molar-refractivity contribution in [2.75, 3.05) is 12.3 Å². The number of amides is 1. The first-order valence-corrected chi connectivity index (χ1v) is 6.57. The summed E-state index contributed by atoms with van der Waals surface area (Å²) < 4.78 is 5.10. The number of carbonyl (C=O) groups is 1. The smallest absolute Gasteiger partial charge is 0.407 e. The van der Waals surface area contributed by atoms with Crippen LogP contribution in [0, 0.1) is 23.2 Å². The lowest BCUT2D eigenvalue weighted by molar-refractivity contribution is 0.0529. The number of benzene rings is 1. The summed E-state index contributed by atoms with van der Waals surface area (Å²) in [6.45, 7) is 5.83. The number of nitrogen functional groups attached to an aromatic ring is 1. The standard InChI is InChI=1S/C16H19N3O2/c1-16(2,3)21-15(20)19-9-5-4-6-12-7-8-13(11-17)14(18)10-12/h7-8,10H,5,9,18H2,1-3H3,(H,19,20). The van der Waals surface area contributed by atoms with E-state index in [-0.39, 0.29) is 0 Å². The van der Waals surface area contributed by atoms with Crippen LogP contribution in [0.2, 0.25) is 0 Å². The van der Waals surface area contributed by atoms with Gasteiger partial charge in [-0.2, -0.15) is 5.26 Å². The molecule has 0 fully saturated rings. The Morgan fingerprint density at radius 1 is 1.43 bits per heavy atom. The Morgan fingerprint density at radius 2 is 2.14 bits per heavy atom. The quantitative estimate of drug-likeness (QED) is 0.496. The molecule has 21 heavy (non-hydrogen) atoms. The Labute approximate surface area is 125 Å². The summed E-state index contributed by atoms with van der Waals surface area (Å²) in [5.74, 6) is 5.85. The number of nitrogens with zero attached hydrogens (tertiary/aromatic N) is 1. The van der Waals surface area contributed by atoms with Crippen LogP contribution in [-0.2, 0) is 4.74 Å². The van der Waals surface area contributed by atoms with E-state index in [4.69, 9.17) is 15.7 Å². The van der Waals surface area contributed by atoms with E-state index < -0.39 is 11.7 Å². The molecule has 0 heterocycles. The summed E-state index contributed by atoms with van der Waals surface area (Å²) in [6, 6.07) is 7.03. The summed E-state index contributed by atoms with van der Waals surface area (Å²) in [5, 5.41) is 11.4. The molecule has 5 heteroatoms. The molecule has 1 amide bonds. The van der Waals surface area contributed by atoms with E-state index in [1.165, 1.54) is 0 Å².